The molecule has 0 fully saturated rings. The molecule has 5 heteroatoms. The summed E-state index contributed by atoms with van der Waals surface area (Å²) < 4.78 is 5.22. The number of thiophene rings is 1. The van der Waals surface area contributed by atoms with Crippen molar-refractivity contribution in [3.8, 4) is 16.9 Å². The number of rotatable bonds is 3. The van der Waals surface area contributed by atoms with Crippen molar-refractivity contribution < 1.29 is 9.53 Å². The van der Waals surface area contributed by atoms with Crippen LogP contribution in [-0.4, -0.2) is 19.6 Å². The van der Waals surface area contributed by atoms with E-state index in [4.69, 9.17) is 4.74 Å². The van der Waals surface area contributed by atoms with Gasteiger partial charge in [-0.25, -0.2) is 0 Å². The third kappa shape index (κ3) is 2.80. The van der Waals surface area contributed by atoms with Gasteiger partial charge < -0.3 is 15.4 Å². The fraction of sp³-hybridized carbons (Fsp3) is 0.312. The maximum absolute atomic E-state index is 11.5. The summed E-state index contributed by atoms with van der Waals surface area (Å²) in [4.78, 5) is 12.8. The molecule has 2 heterocycles. The average molecular weight is 302 g/mol. The lowest BCUT2D eigenvalue weighted by Gasteiger charge is -2.14. The molecule has 1 aliphatic heterocycles. The molecule has 0 spiro atoms. The van der Waals surface area contributed by atoms with Crippen LogP contribution in [0.25, 0.3) is 11.1 Å². The van der Waals surface area contributed by atoms with Crippen LogP contribution in [0.2, 0.25) is 0 Å². The van der Waals surface area contributed by atoms with Crippen LogP contribution < -0.4 is 15.4 Å². The lowest BCUT2D eigenvalue weighted by atomic mass is 9.98. The summed E-state index contributed by atoms with van der Waals surface area (Å²) in [6.07, 6.45) is 0.993. The number of carbonyl (C=O) groups excluding carboxylic acids is 1. The van der Waals surface area contributed by atoms with Gasteiger partial charge in [0.2, 0.25) is 5.91 Å². The van der Waals surface area contributed by atoms with Gasteiger partial charge >= 0.3 is 0 Å². The van der Waals surface area contributed by atoms with Crippen molar-refractivity contribution in [3.63, 3.8) is 0 Å². The van der Waals surface area contributed by atoms with Gasteiger partial charge in [-0.1, -0.05) is 12.1 Å². The minimum atomic E-state index is -0.0312. The van der Waals surface area contributed by atoms with E-state index in [2.05, 4.69) is 22.8 Å². The van der Waals surface area contributed by atoms with Gasteiger partial charge in [-0.3, -0.25) is 4.79 Å². The Bertz CT molecular complexity index is 662. The molecule has 0 radical (unpaired) electrons. The zero-order valence-corrected chi connectivity index (χ0v) is 13.0. The van der Waals surface area contributed by atoms with Crippen LogP contribution in [0.1, 0.15) is 17.4 Å². The van der Waals surface area contributed by atoms with Crippen molar-refractivity contribution in [1.82, 2.24) is 5.32 Å². The molecule has 1 aliphatic rings. The Morgan fingerprint density at radius 3 is 2.76 bits per heavy atom. The topological polar surface area (TPSA) is 50.4 Å². The van der Waals surface area contributed by atoms with Crippen molar-refractivity contribution in [1.29, 1.82) is 0 Å². The molecule has 3 rings (SSSR count). The lowest BCUT2D eigenvalue weighted by Crippen LogP contribution is -2.22. The summed E-state index contributed by atoms with van der Waals surface area (Å²) >= 11 is 1.67. The molecule has 1 aromatic carbocycles. The van der Waals surface area contributed by atoms with Crippen LogP contribution in [-0.2, 0) is 17.8 Å². The summed E-state index contributed by atoms with van der Waals surface area (Å²) in [5, 5.41) is 7.31. The lowest BCUT2D eigenvalue weighted by molar-refractivity contribution is -0.114. The highest BCUT2D eigenvalue weighted by atomic mass is 32.1. The van der Waals surface area contributed by atoms with Gasteiger partial charge in [-0.15, -0.1) is 11.3 Å². The largest absolute Gasteiger partial charge is 0.497 e. The van der Waals surface area contributed by atoms with Crippen LogP contribution in [0, 0.1) is 0 Å². The Morgan fingerprint density at radius 2 is 2.10 bits per heavy atom. The fourth-order valence-electron chi connectivity index (χ4n) is 2.65. The quantitative estimate of drug-likeness (QED) is 0.916. The van der Waals surface area contributed by atoms with Gasteiger partial charge in [0.1, 0.15) is 10.8 Å². The minimum Gasteiger partial charge on any atom is -0.497 e. The van der Waals surface area contributed by atoms with E-state index in [-0.39, 0.29) is 5.91 Å². The van der Waals surface area contributed by atoms with E-state index in [1.165, 1.54) is 10.4 Å². The zero-order valence-electron chi connectivity index (χ0n) is 12.2. The number of carbonyl (C=O) groups is 1. The van der Waals surface area contributed by atoms with Crippen molar-refractivity contribution in [2.75, 3.05) is 19.0 Å². The van der Waals surface area contributed by atoms with E-state index in [0.717, 1.165) is 41.4 Å². The molecule has 0 saturated carbocycles. The van der Waals surface area contributed by atoms with E-state index >= 15 is 0 Å². The van der Waals surface area contributed by atoms with Crippen molar-refractivity contribution in [3.05, 3.63) is 34.7 Å². The Morgan fingerprint density at radius 1 is 1.33 bits per heavy atom. The molecule has 0 saturated heterocycles. The maximum Gasteiger partial charge on any atom is 0.221 e. The van der Waals surface area contributed by atoms with Gasteiger partial charge in [0.25, 0.3) is 0 Å². The minimum absolute atomic E-state index is 0.0312. The Balaban J connectivity index is 2.09. The van der Waals surface area contributed by atoms with Crippen LogP contribution >= 0.6 is 11.3 Å². The average Bonchev–Trinajstić information content (AvgIpc) is 2.84. The number of hydrogen-bond acceptors (Lipinski definition) is 4. The number of hydrogen-bond donors (Lipinski definition) is 2. The van der Waals surface area contributed by atoms with Gasteiger partial charge in [0.05, 0.1) is 7.11 Å². The van der Waals surface area contributed by atoms with Crippen LogP contribution in [0.15, 0.2) is 24.3 Å². The molecule has 0 bridgehead atoms. The number of anilines is 1. The van der Waals surface area contributed by atoms with E-state index in [1.807, 2.05) is 12.1 Å². The summed E-state index contributed by atoms with van der Waals surface area (Å²) in [5.41, 5.74) is 3.64. The predicted octanol–water partition coefficient (Wildman–Crippen LogP) is 3.03. The monoisotopic (exact) mass is 302 g/mol. The molecule has 110 valence electrons. The SMILES string of the molecule is COc1ccc(-c2c(NC(C)=O)sc3c2CCNC3)cc1. The van der Waals surface area contributed by atoms with Gasteiger partial charge in [0.15, 0.2) is 0 Å². The molecule has 0 unspecified atom stereocenters. The standard InChI is InChI=1S/C16H18N2O2S/c1-10(19)18-16-15(11-3-5-12(20-2)6-4-11)13-7-8-17-9-14(13)21-16/h3-6,17H,7-9H2,1-2H3,(H,18,19). The third-order valence-electron chi connectivity index (χ3n) is 3.60. The number of methoxy groups -OCH3 is 1. The van der Waals surface area contributed by atoms with Crippen LogP contribution in [0.4, 0.5) is 5.00 Å². The Labute approximate surface area is 128 Å². The van der Waals surface area contributed by atoms with E-state index < -0.39 is 0 Å². The first-order valence-corrected chi connectivity index (χ1v) is 7.78. The molecule has 4 nitrogen and oxygen atoms in total. The molecule has 2 aromatic rings. The Hall–Kier alpha value is -1.85. The third-order valence-corrected chi connectivity index (χ3v) is 4.74. The number of fused-ring (bicyclic) bond motifs is 1. The second-order valence-corrected chi connectivity index (χ2v) is 6.15. The van der Waals surface area contributed by atoms with Crippen molar-refractivity contribution >= 4 is 22.2 Å². The first-order chi connectivity index (χ1) is 10.2. The number of ether oxygens (including phenoxy) is 1. The molecule has 0 aliphatic carbocycles. The summed E-state index contributed by atoms with van der Waals surface area (Å²) in [5.74, 6) is 0.807. The zero-order chi connectivity index (χ0) is 14.8. The van der Waals surface area contributed by atoms with Crippen LogP contribution in [0.3, 0.4) is 0 Å². The van der Waals surface area contributed by atoms with Crippen molar-refractivity contribution in [2.24, 2.45) is 0 Å². The van der Waals surface area contributed by atoms with E-state index in [1.54, 1.807) is 25.4 Å². The fourth-order valence-corrected chi connectivity index (χ4v) is 3.93. The Kier molecular flexibility index (Phi) is 3.94. The maximum atomic E-state index is 11.5. The first kappa shape index (κ1) is 14.1. The molecule has 1 aromatic heterocycles. The summed E-state index contributed by atoms with van der Waals surface area (Å²) in [6, 6.07) is 8.01. The van der Waals surface area contributed by atoms with Gasteiger partial charge in [-0.2, -0.15) is 0 Å². The molecular weight excluding hydrogens is 284 g/mol. The van der Waals surface area contributed by atoms with Crippen molar-refractivity contribution in [2.45, 2.75) is 19.9 Å². The number of benzene rings is 1. The highest BCUT2D eigenvalue weighted by Crippen LogP contribution is 2.42. The molecule has 0 atom stereocenters. The predicted molar refractivity (Wildman–Crippen MR) is 86.0 cm³/mol. The number of amides is 1. The summed E-state index contributed by atoms with van der Waals surface area (Å²) in [7, 11) is 1.66. The highest BCUT2D eigenvalue weighted by Gasteiger charge is 2.22. The van der Waals surface area contributed by atoms with Gasteiger partial charge in [-0.05, 0) is 36.2 Å². The second-order valence-electron chi connectivity index (χ2n) is 5.04. The smallest absolute Gasteiger partial charge is 0.221 e. The number of nitrogens with one attached hydrogen (secondary N) is 2. The summed E-state index contributed by atoms with van der Waals surface area (Å²) in [6.45, 7) is 3.41. The highest BCUT2D eigenvalue weighted by molar-refractivity contribution is 7.17. The normalized spacial score (nSPS) is 13.6. The van der Waals surface area contributed by atoms with Gasteiger partial charge in [0, 0.05) is 23.9 Å². The molecule has 21 heavy (non-hydrogen) atoms. The molecule has 1 amide bonds. The molecular formula is C16H18N2O2S. The van der Waals surface area contributed by atoms with E-state index in [9.17, 15) is 4.79 Å². The second kappa shape index (κ2) is 5.87. The van der Waals surface area contributed by atoms with E-state index in [0.29, 0.717) is 0 Å². The first-order valence-electron chi connectivity index (χ1n) is 6.96. The molecule has 2 N–H and O–H groups in total. The van der Waals surface area contributed by atoms with Crippen LogP contribution in [0.5, 0.6) is 5.75 Å².